The van der Waals surface area contributed by atoms with E-state index < -0.39 is 0 Å². The number of aromatic nitrogens is 4. The van der Waals surface area contributed by atoms with E-state index in [4.69, 9.17) is 4.52 Å². The molecule has 0 atom stereocenters. The van der Waals surface area contributed by atoms with Gasteiger partial charge in [0.1, 0.15) is 4.83 Å². The first-order chi connectivity index (χ1) is 16.4. The van der Waals surface area contributed by atoms with Gasteiger partial charge in [-0.1, -0.05) is 31.1 Å². The van der Waals surface area contributed by atoms with Crippen molar-refractivity contribution in [1.82, 2.24) is 19.7 Å². The molecule has 0 spiro atoms. The fraction of sp³-hybridized carbons (Fsp3) is 0.400. The van der Waals surface area contributed by atoms with Gasteiger partial charge < -0.3 is 9.84 Å². The lowest BCUT2D eigenvalue weighted by Gasteiger charge is -2.12. The summed E-state index contributed by atoms with van der Waals surface area (Å²) in [6, 6.07) is 5.66. The van der Waals surface area contributed by atoms with Crippen molar-refractivity contribution in [3.8, 4) is 11.5 Å². The third-order valence-corrected chi connectivity index (χ3v) is 7.45. The van der Waals surface area contributed by atoms with Crippen LogP contribution < -0.4 is 10.9 Å². The third-order valence-electron chi connectivity index (χ3n) is 6.25. The lowest BCUT2D eigenvalue weighted by Crippen LogP contribution is -2.24. The molecule has 5 rings (SSSR count). The van der Waals surface area contributed by atoms with Crippen molar-refractivity contribution >= 4 is 33.1 Å². The summed E-state index contributed by atoms with van der Waals surface area (Å²) in [5, 5.41) is 7.76. The van der Waals surface area contributed by atoms with Crippen molar-refractivity contribution in [2.75, 3.05) is 5.32 Å². The molecule has 0 saturated heterocycles. The van der Waals surface area contributed by atoms with E-state index in [0.29, 0.717) is 23.0 Å². The average Bonchev–Trinajstić information content (AvgIpc) is 3.45. The quantitative estimate of drug-likeness (QED) is 0.426. The third kappa shape index (κ3) is 4.16. The van der Waals surface area contributed by atoms with E-state index in [1.54, 1.807) is 22.2 Å². The van der Waals surface area contributed by atoms with E-state index in [-0.39, 0.29) is 30.3 Å². The van der Waals surface area contributed by atoms with E-state index in [1.165, 1.54) is 4.88 Å². The van der Waals surface area contributed by atoms with E-state index in [9.17, 15) is 9.59 Å². The lowest BCUT2D eigenvalue weighted by molar-refractivity contribution is -0.116. The van der Waals surface area contributed by atoms with Gasteiger partial charge in [0.15, 0.2) is 5.82 Å². The average molecular weight is 478 g/mol. The van der Waals surface area contributed by atoms with Crippen molar-refractivity contribution in [3.05, 3.63) is 56.7 Å². The number of carbonyl (C=O) groups excluding carboxylic acids is 1. The molecular formula is C25H27N5O3S. The zero-order valence-electron chi connectivity index (χ0n) is 19.6. The normalized spacial score (nSPS) is 13.4. The second-order valence-corrected chi connectivity index (χ2v) is 10.1. The fourth-order valence-corrected chi connectivity index (χ4v) is 5.57. The van der Waals surface area contributed by atoms with Crippen molar-refractivity contribution in [2.45, 2.75) is 65.3 Å². The summed E-state index contributed by atoms with van der Waals surface area (Å²) >= 11 is 1.63. The molecule has 8 nitrogen and oxygen atoms in total. The van der Waals surface area contributed by atoms with Gasteiger partial charge in [-0.05, 0) is 49.8 Å². The van der Waals surface area contributed by atoms with Crippen LogP contribution in [-0.4, -0.2) is 25.6 Å². The molecule has 1 aromatic carbocycles. The lowest BCUT2D eigenvalue weighted by atomic mass is 9.97. The number of aryl methyl sites for hydroxylation is 4. The predicted molar refractivity (Wildman–Crippen MR) is 132 cm³/mol. The number of carbonyl (C=O) groups is 1. The zero-order chi connectivity index (χ0) is 23.8. The van der Waals surface area contributed by atoms with Crippen LogP contribution in [0.1, 0.15) is 60.9 Å². The Bertz CT molecular complexity index is 1430. The molecule has 0 unspecified atom stereocenters. The molecule has 176 valence electrons. The molecule has 1 aliphatic carbocycles. The second kappa shape index (κ2) is 9.13. The molecule has 3 heterocycles. The number of hydrogen-bond donors (Lipinski definition) is 1. The summed E-state index contributed by atoms with van der Waals surface area (Å²) in [4.78, 5) is 37.1. The van der Waals surface area contributed by atoms with E-state index in [2.05, 4.69) is 20.4 Å². The SMILES string of the molecule is Cc1cccc(-c2nc(C(C)C)no2)c1NC(=O)CCn1cnc2sc3c(c2c1=O)CCCC3. The summed E-state index contributed by atoms with van der Waals surface area (Å²) in [7, 11) is 0. The Kier molecular flexibility index (Phi) is 6.03. The molecule has 0 fully saturated rings. The monoisotopic (exact) mass is 477 g/mol. The van der Waals surface area contributed by atoms with Crippen molar-refractivity contribution in [1.29, 1.82) is 0 Å². The molecule has 0 saturated carbocycles. The van der Waals surface area contributed by atoms with Crippen LogP contribution in [0.25, 0.3) is 21.7 Å². The summed E-state index contributed by atoms with van der Waals surface area (Å²) in [5.41, 5.74) is 3.31. The number of fused-ring (bicyclic) bond motifs is 3. The molecule has 1 amide bonds. The van der Waals surface area contributed by atoms with Gasteiger partial charge in [-0.15, -0.1) is 11.3 Å². The number of hydrogen-bond acceptors (Lipinski definition) is 7. The summed E-state index contributed by atoms with van der Waals surface area (Å²) < 4.78 is 7.00. The molecule has 3 aromatic heterocycles. The zero-order valence-corrected chi connectivity index (χ0v) is 20.4. The minimum atomic E-state index is -0.196. The van der Waals surface area contributed by atoms with Gasteiger partial charge in [0, 0.05) is 23.8 Å². The van der Waals surface area contributed by atoms with Gasteiger partial charge >= 0.3 is 0 Å². The van der Waals surface area contributed by atoms with Crippen molar-refractivity contribution in [3.63, 3.8) is 0 Å². The Morgan fingerprint density at radius 1 is 1.26 bits per heavy atom. The summed E-state index contributed by atoms with van der Waals surface area (Å²) in [6.07, 6.45) is 5.93. The van der Waals surface area contributed by atoms with Crippen molar-refractivity contribution < 1.29 is 9.32 Å². The van der Waals surface area contributed by atoms with Crippen LogP contribution in [0.3, 0.4) is 0 Å². The smallest absolute Gasteiger partial charge is 0.262 e. The van der Waals surface area contributed by atoms with Gasteiger partial charge in [-0.2, -0.15) is 4.98 Å². The Morgan fingerprint density at radius 3 is 2.88 bits per heavy atom. The highest BCUT2D eigenvalue weighted by Gasteiger charge is 2.21. The fourth-order valence-electron chi connectivity index (χ4n) is 4.36. The summed E-state index contributed by atoms with van der Waals surface area (Å²) in [5.74, 6) is 0.930. The molecule has 0 bridgehead atoms. The Labute approximate surface area is 201 Å². The highest BCUT2D eigenvalue weighted by Crippen LogP contribution is 2.33. The van der Waals surface area contributed by atoms with Crippen LogP contribution in [-0.2, 0) is 24.2 Å². The van der Waals surface area contributed by atoms with E-state index >= 15 is 0 Å². The first-order valence-corrected chi connectivity index (χ1v) is 12.5. The number of nitrogens with zero attached hydrogens (tertiary/aromatic N) is 4. The standard InChI is InChI=1S/C25H27N5O3S/c1-14(2)22-28-23(33-29-22)17-9-6-7-15(3)21(17)27-19(31)11-12-30-13-26-24-20(25(30)32)16-8-4-5-10-18(16)34-24/h6-7,9,13-14H,4-5,8,10-12H2,1-3H3,(H,27,31). The number of rotatable bonds is 6. The van der Waals surface area contributed by atoms with Gasteiger partial charge in [-0.3, -0.25) is 14.2 Å². The highest BCUT2D eigenvalue weighted by atomic mass is 32.1. The number of thiophene rings is 1. The van der Waals surface area contributed by atoms with Crippen LogP contribution in [0.5, 0.6) is 0 Å². The minimum absolute atomic E-state index is 0.0548. The van der Waals surface area contributed by atoms with Crippen LogP contribution >= 0.6 is 11.3 Å². The maximum Gasteiger partial charge on any atom is 0.262 e. The van der Waals surface area contributed by atoms with Crippen LogP contribution in [0, 0.1) is 6.92 Å². The first kappa shape index (κ1) is 22.5. The van der Waals surface area contributed by atoms with E-state index in [1.807, 2.05) is 39.0 Å². The molecule has 9 heteroatoms. The molecule has 0 aliphatic heterocycles. The maximum atomic E-state index is 13.2. The molecule has 1 N–H and O–H groups in total. The maximum absolute atomic E-state index is 13.2. The van der Waals surface area contributed by atoms with Gasteiger partial charge in [-0.25, -0.2) is 4.98 Å². The molecule has 0 radical (unpaired) electrons. The van der Waals surface area contributed by atoms with Crippen molar-refractivity contribution in [2.24, 2.45) is 0 Å². The highest BCUT2D eigenvalue weighted by molar-refractivity contribution is 7.18. The van der Waals surface area contributed by atoms with Gasteiger partial charge in [0.25, 0.3) is 11.4 Å². The molecule has 4 aromatic rings. The number of benzene rings is 1. The van der Waals surface area contributed by atoms with Crippen LogP contribution in [0.2, 0.25) is 0 Å². The topological polar surface area (TPSA) is 103 Å². The van der Waals surface area contributed by atoms with Gasteiger partial charge in [0.2, 0.25) is 5.91 Å². The first-order valence-electron chi connectivity index (χ1n) is 11.7. The molecule has 34 heavy (non-hydrogen) atoms. The predicted octanol–water partition coefficient (Wildman–Crippen LogP) is 4.85. The number of amides is 1. The molecule has 1 aliphatic rings. The van der Waals surface area contributed by atoms with E-state index in [0.717, 1.165) is 47.0 Å². The number of nitrogens with one attached hydrogen (secondary N) is 1. The Hall–Kier alpha value is -3.33. The Morgan fingerprint density at radius 2 is 2.09 bits per heavy atom. The van der Waals surface area contributed by atoms with Crippen LogP contribution in [0.15, 0.2) is 33.8 Å². The molecular weight excluding hydrogens is 450 g/mol. The second-order valence-electron chi connectivity index (χ2n) is 9.04. The van der Waals surface area contributed by atoms with Gasteiger partial charge in [0.05, 0.1) is 23.0 Å². The summed E-state index contributed by atoms with van der Waals surface area (Å²) in [6.45, 7) is 6.17. The number of para-hydroxylation sites is 1. The minimum Gasteiger partial charge on any atom is -0.334 e. The number of anilines is 1. The largest absolute Gasteiger partial charge is 0.334 e. The van der Waals surface area contributed by atoms with Crippen LogP contribution in [0.4, 0.5) is 5.69 Å². The Balaban J connectivity index is 1.35.